The van der Waals surface area contributed by atoms with Gasteiger partial charge in [0.1, 0.15) is 11.3 Å². The number of piperidine rings is 1. The number of fused-ring (bicyclic) bond motifs is 3. The van der Waals surface area contributed by atoms with Gasteiger partial charge in [-0.3, -0.25) is 0 Å². The average molecular weight is 458 g/mol. The third-order valence-electron chi connectivity index (χ3n) is 5.85. The van der Waals surface area contributed by atoms with Gasteiger partial charge in [-0.1, -0.05) is 5.16 Å². The van der Waals surface area contributed by atoms with Gasteiger partial charge in [-0.25, -0.2) is 14.4 Å². The molecule has 3 amide bonds. The summed E-state index contributed by atoms with van der Waals surface area (Å²) in [4.78, 5) is 41.1. The maximum Gasteiger partial charge on any atom is 0.476 e. The van der Waals surface area contributed by atoms with E-state index < -0.39 is 47.3 Å². The van der Waals surface area contributed by atoms with Crippen molar-refractivity contribution in [3.63, 3.8) is 0 Å². The minimum Gasteiger partial charge on any atom is -0.475 e. The summed E-state index contributed by atoms with van der Waals surface area (Å²) in [5.41, 5.74) is -0.693. The number of alkyl halides is 2. The molecule has 2 atom stereocenters. The summed E-state index contributed by atoms with van der Waals surface area (Å²) in [6, 6.07) is -0.480. The molecule has 2 N–H and O–H groups in total. The number of rotatable bonds is 6. The number of hydroxylamine groups is 2. The van der Waals surface area contributed by atoms with Gasteiger partial charge in [-0.2, -0.15) is 18.7 Å². The van der Waals surface area contributed by atoms with Crippen molar-refractivity contribution in [2.45, 2.75) is 70.4 Å². The number of nitrogens with zero attached hydrogens (tertiary/aromatic N) is 3. The number of halogens is 2. The predicted molar refractivity (Wildman–Crippen MR) is 100.0 cm³/mol. The van der Waals surface area contributed by atoms with Gasteiger partial charge in [-0.05, 0) is 45.4 Å². The minimum atomic E-state index is -4.52. The molecule has 13 heteroatoms. The number of aromatic nitrogens is 1. The maximum absolute atomic E-state index is 13.7. The summed E-state index contributed by atoms with van der Waals surface area (Å²) in [7, 11) is 0. The van der Waals surface area contributed by atoms with Crippen molar-refractivity contribution < 1.29 is 42.4 Å². The highest BCUT2D eigenvalue weighted by molar-refractivity contribution is 5.79. The van der Waals surface area contributed by atoms with Gasteiger partial charge in [0, 0.05) is 12.6 Å². The number of hydrogen-bond donors (Lipinski definition) is 2. The fourth-order valence-corrected chi connectivity index (χ4v) is 4.20. The highest BCUT2D eigenvalue weighted by Crippen LogP contribution is 2.62. The number of urea groups is 1. The molecule has 1 aliphatic carbocycles. The Kier molecular flexibility index (Phi) is 5.07. The fraction of sp³-hybridized carbons (Fsp3) is 0.684. The zero-order valence-corrected chi connectivity index (χ0v) is 17.8. The van der Waals surface area contributed by atoms with Gasteiger partial charge in [0.05, 0.1) is 18.6 Å². The summed E-state index contributed by atoms with van der Waals surface area (Å²) < 4.78 is 37.8. The second kappa shape index (κ2) is 7.29. The Hall–Kier alpha value is -2.96. The molecule has 2 bridgehead atoms. The molecule has 0 unspecified atom stereocenters. The van der Waals surface area contributed by atoms with Crippen LogP contribution in [0.5, 0.6) is 0 Å². The van der Waals surface area contributed by atoms with Crippen molar-refractivity contribution in [1.82, 2.24) is 20.4 Å². The van der Waals surface area contributed by atoms with E-state index in [1.807, 2.05) is 0 Å². The highest BCUT2D eigenvalue weighted by atomic mass is 19.3. The Bertz CT molecular complexity index is 940. The van der Waals surface area contributed by atoms with Crippen LogP contribution < -0.4 is 5.32 Å². The lowest BCUT2D eigenvalue weighted by Crippen LogP contribution is -2.47. The molecule has 2 aliphatic heterocycles. The van der Waals surface area contributed by atoms with Crippen LogP contribution in [-0.4, -0.2) is 62.6 Å². The third-order valence-corrected chi connectivity index (χ3v) is 5.85. The fourth-order valence-electron chi connectivity index (χ4n) is 4.20. The van der Waals surface area contributed by atoms with Crippen LogP contribution in [-0.2, 0) is 20.9 Å². The van der Waals surface area contributed by atoms with Crippen molar-refractivity contribution in [1.29, 1.82) is 0 Å². The van der Waals surface area contributed by atoms with Crippen LogP contribution >= 0.6 is 0 Å². The molecule has 3 fully saturated rings. The summed E-state index contributed by atoms with van der Waals surface area (Å²) in [6.07, 6.45) is -3.31. The van der Waals surface area contributed by atoms with E-state index in [2.05, 4.69) is 15.3 Å². The summed E-state index contributed by atoms with van der Waals surface area (Å²) in [6.45, 7) is 5.31. The van der Waals surface area contributed by atoms with Gasteiger partial charge in [-0.15, -0.1) is 0 Å². The van der Waals surface area contributed by atoms with Crippen molar-refractivity contribution in [2.24, 2.45) is 5.41 Å². The van der Waals surface area contributed by atoms with Crippen LogP contribution in [0.4, 0.5) is 18.4 Å². The number of carbonyl (C=O) groups excluding carboxylic acids is 2. The maximum atomic E-state index is 13.7. The number of amides is 3. The third kappa shape index (κ3) is 4.08. The zero-order valence-electron chi connectivity index (χ0n) is 17.8. The van der Waals surface area contributed by atoms with E-state index in [1.54, 1.807) is 26.8 Å². The lowest BCUT2D eigenvalue weighted by atomic mass is 9.84. The molecule has 1 saturated carbocycles. The number of alkyl carbamates (subject to hydrolysis) is 1. The Morgan fingerprint density at radius 2 is 2.06 bits per heavy atom. The first-order valence-corrected chi connectivity index (χ1v) is 10.1. The SMILES string of the molecule is CC(C)(C)OC(=O)NCc1cc([C@@H]2CC3(CC3)[C@@H]3CN2C(=O)N3OC(F)(F)C(=O)O)no1. The van der Waals surface area contributed by atoms with Crippen LogP contribution in [0.3, 0.4) is 0 Å². The van der Waals surface area contributed by atoms with Gasteiger partial charge in [0.25, 0.3) is 0 Å². The van der Waals surface area contributed by atoms with E-state index >= 15 is 0 Å². The largest absolute Gasteiger partial charge is 0.476 e. The first-order chi connectivity index (χ1) is 14.8. The number of hydrogen-bond acceptors (Lipinski definition) is 7. The van der Waals surface area contributed by atoms with Crippen LogP contribution in [0.25, 0.3) is 0 Å². The molecule has 1 aromatic rings. The Balaban J connectivity index is 1.47. The van der Waals surface area contributed by atoms with Gasteiger partial charge in [0.2, 0.25) is 0 Å². The van der Waals surface area contributed by atoms with E-state index in [4.69, 9.17) is 14.4 Å². The molecule has 3 aliphatic rings. The van der Waals surface area contributed by atoms with Crippen molar-refractivity contribution in [3.8, 4) is 0 Å². The lowest BCUT2D eigenvalue weighted by Gasteiger charge is -2.35. The van der Waals surface area contributed by atoms with E-state index in [1.165, 1.54) is 4.90 Å². The number of carbonyl (C=O) groups is 3. The topological polar surface area (TPSA) is 134 Å². The van der Waals surface area contributed by atoms with Gasteiger partial charge >= 0.3 is 24.2 Å². The molecule has 2 saturated heterocycles. The first kappa shape index (κ1) is 22.2. The minimum absolute atomic E-state index is 0.0103. The first-order valence-electron chi connectivity index (χ1n) is 10.1. The molecule has 11 nitrogen and oxygen atoms in total. The molecule has 0 radical (unpaired) electrons. The van der Waals surface area contributed by atoms with Crippen molar-refractivity contribution in [2.75, 3.05) is 6.54 Å². The molecule has 32 heavy (non-hydrogen) atoms. The van der Waals surface area contributed by atoms with E-state index in [0.717, 1.165) is 0 Å². The molecule has 0 aromatic carbocycles. The highest BCUT2D eigenvalue weighted by Gasteiger charge is 2.65. The summed E-state index contributed by atoms with van der Waals surface area (Å²) in [5.74, 6) is -2.14. The van der Waals surface area contributed by atoms with Crippen LogP contribution in [0, 0.1) is 5.41 Å². The average Bonchev–Trinajstić information content (AvgIpc) is 3.17. The Labute approximate surface area is 181 Å². The second-order valence-electron chi connectivity index (χ2n) is 9.35. The normalized spacial score (nSPS) is 24.1. The number of ether oxygens (including phenoxy) is 1. The Morgan fingerprint density at radius 3 is 2.66 bits per heavy atom. The lowest BCUT2D eigenvalue weighted by molar-refractivity contribution is -0.330. The monoisotopic (exact) mass is 458 g/mol. The standard InChI is InChI=1S/C19H24F2N4O7/c1-17(2,3)30-15(28)22-8-10-6-11(23-31-10)12-7-18(4-5-18)13-9-24(12)16(29)25(13)32-19(20,21)14(26)27/h6,12-13H,4-5,7-9H2,1-3H3,(H,22,28)(H,26,27)/t12-,13-/m0/s1. The number of nitrogens with one attached hydrogen (secondary N) is 1. The molecular weight excluding hydrogens is 434 g/mol. The quantitative estimate of drug-likeness (QED) is 0.664. The molecule has 4 rings (SSSR count). The van der Waals surface area contributed by atoms with Crippen LogP contribution in [0.1, 0.15) is 57.5 Å². The van der Waals surface area contributed by atoms with E-state index in [-0.39, 0.29) is 13.1 Å². The number of carboxylic acids is 1. The van der Waals surface area contributed by atoms with E-state index in [9.17, 15) is 23.2 Å². The zero-order chi connectivity index (χ0) is 23.5. The molecule has 3 heterocycles. The molecule has 1 aromatic heterocycles. The van der Waals surface area contributed by atoms with Crippen molar-refractivity contribution >= 4 is 18.1 Å². The Morgan fingerprint density at radius 1 is 1.38 bits per heavy atom. The predicted octanol–water partition coefficient (Wildman–Crippen LogP) is 2.64. The summed E-state index contributed by atoms with van der Waals surface area (Å²) >= 11 is 0. The molecule has 176 valence electrons. The smallest absolute Gasteiger partial charge is 0.475 e. The van der Waals surface area contributed by atoms with Crippen LogP contribution in [0.15, 0.2) is 10.6 Å². The second-order valence-corrected chi connectivity index (χ2v) is 9.35. The number of carboxylic acid groups (broad SMARTS) is 1. The number of aliphatic carboxylic acids is 1. The summed E-state index contributed by atoms with van der Waals surface area (Å²) in [5, 5.41) is 15.7. The molecular formula is C19H24F2N4O7. The van der Waals surface area contributed by atoms with Crippen molar-refractivity contribution in [3.05, 3.63) is 17.5 Å². The van der Waals surface area contributed by atoms with Gasteiger partial charge in [0.15, 0.2) is 5.76 Å². The molecule has 1 spiro atoms. The van der Waals surface area contributed by atoms with E-state index in [0.29, 0.717) is 35.8 Å². The van der Waals surface area contributed by atoms with Crippen LogP contribution in [0.2, 0.25) is 0 Å². The van der Waals surface area contributed by atoms with Gasteiger partial charge < -0.3 is 24.6 Å².